The number of para-hydroxylation sites is 1. The first kappa shape index (κ1) is 20.3. The third-order valence-corrected chi connectivity index (χ3v) is 5.30. The van der Waals surface area contributed by atoms with Crippen LogP contribution in [0.5, 0.6) is 0 Å². The minimum Gasteiger partial charge on any atom is -0.366 e. The average molecular weight is 408 g/mol. The molecule has 0 atom stereocenters. The normalized spacial score (nSPS) is 16.0. The number of carbonyl (C=O) groups is 1. The van der Waals surface area contributed by atoms with Crippen molar-refractivity contribution in [3.8, 4) is 0 Å². The number of fused-ring (bicyclic) bond motifs is 1. The molecule has 0 unspecified atom stereocenters. The van der Waals surface area contributed by atoms with Crippen LogP contribution in [0.15, 0.2) is 42.5 Å². The molecule has 1 aliphatic rings. The van der Waals surface area contributed by atoms with Gasteiger partial charge in [-0.1, -0.05) is 39.0 Å². The lowest BCUT2D eigenvalue weighted by Gasteiger charge is -2.32. The molecule has 1 amide bonds. The van der Waals surface area contributed by atoms with E-state index in [1.54, 1.807) is 0 Å². The summed E-state index contributed by atoms with van der Waals surface area (Å²) in [4.78, 5) is 14.5. The summed E-state index contributed by atoms with van der Waals surface area (Å²) in [6.07, 6.45) is 1.93. The monoisotopic (exact) mass is 407 g/mol. The first-order valence-electron chi connectivity index (χ1n) is 10.5. The highest BCUT2D eigenvalue weighted by molar-refractivity contribution is 5.92. The zero-order valence-electron chi connectivity index (χ0n) is 17.8. The summed E-state index contributed by atoms with van der Waals surface area (Å²) in [6, 6.07) is 13.8. The van der Waals surface area contributed by atoms with Crippen molar-refractivity contribution in [2.45, 2.75) is 45.1 Å². The lowest BCUT2D eigenvalue weighted by molar-refractivity contribution is -0.117. The number of benzene rings is 1. The number of nitrogens with zero attached hydrogens (tertiary/aromatic N) is 5. The molecule has 3 aromatic rings. The second-order valence-electron chi connectivity index (χ2n) is 8.87. The van der Waals surface area contributed by atoms with Gasteiger partial charge in [0.25, 0.3) is 0 Å². The number of carbonyl (C=O) groups excluding carboxylic acids is 1. The Morgan fingerprint density at radius 1 is 1.07 bits per heavy atom. The van der Waals surface area contributed by atoms with Gasteiger partial charge in [0.1, 0.15) is 5.82 Å². The van der Waals surface area contributed by atoms with Crippen LogP contribution in [0.4, 0.5) is 11.5 Å². The molecule has 0 spiro atoms. The predicted octanol–water partition coefficient (Wildman–Crippen LogP) is 2.94. The van der Waals surface area contributed by atoms with Gasteiger partial charge in [0.15, 0.2) is 11.5 Å². The van der Waals surface area contributed by atoms with Crippen molar-refractivity contribution in [3.63, 3.8) is 0 Å². The molecule has 3 heterocycles. The van der Waals surface area contributed by atoms with Crippen LogP contribution in [0.1, 0.15) is 39.4 Å². The molecule has 1 aliphatic heterocycles. The standard InChI is InChI=1S/C22H29N7O/c1-22(2,3)21-26-25-19-10-9-18(27-29(19)21)23-17-11-13-28(14-12-17)15-20(30)24-16-7-5-4-6-8-16/h4-10,17H,11-15H2,1-3H3,(H,23,27)(H,24,30). The Balaban J connectivity index is 1.31. The third-order valence-electron chi connectivity index (χ3n) is 5.30. The number of amides is 1. The van der Waals surface area contributed by atoms with E-state index in [1.807, 2.05) is 47.0 Å². The van der Waals surface area contributed by atoms with E-state index < -0.39 is 0 Å². The summed E-state index contributed by atoms with van der Waals surface area (Å²) >= 11 is 0. The van der Waals surface area contributed by atoms with Gasteiger partial charge in [-0.2, -0.15) is 4.52 Å². The van der Waals surface area contributed by atoms with E-state index in [0.717, 1.165) is 48.9 Å². The first-order valence-corrected chi connectivity index (χ1v) is 10.5. The molecule has 4 rings (SSSR count). The van der Waals surface area contributed by atoms with Crippen LogP contribution in [-0.2, 0) is 10.2 Å². The van der Waals surface area contributed by atoms with Gasteiger partial charge in [-0.15, -0.1) is 15.3 Å². The smallest absolute Gasteiger partial charge is 0.238 e. The fraction of sp³-hybridized carbons (Fsp3) is 0.455. The van der Waals surface area contributed by atoms with Crippen LogP contribution in [0, 0.1) is 0 Å². The molecule has 1 fully saturated rings. The Morgan fingerprint density at radius 2 is 1.80 bits per heavy atom. The predicted molar refractivity (Wildman–Crippen MR) is 118 cm³/mol. The fourth-order valence-electron chi connectivity index (χ4n) is 3.70. The second kappa shape index (κ2) is 8.39. The summed E-state index contributed by atoms with van der Waals surface area (Å²) < 4.78 is 1.82. The molecule has 2 N–H and O–H groups in total. The Morgan fingerprint density at radius 3 is 2.50 bits per heavy atom. The van der Waals surface area contributed by atoms with E-state index in [4.69, 9.17) is 5.10 Å². The van der Waals surface area contributed by atoms with Gasteiger partial charge in [0, 0.05) is 30.2 Å². The highest BCUT2D eigenvalue weighted by Gasteiger charge is 2.23. The zero-order chi connectivity index (χ0) is 21.1. The lowest BCUT2D eigenvalue weighted by atomic mass is 9.96. The largest absolute Gasteiger partial charge is 0.366 e. The Hall–Kier alpha value is -3.00. The van der Waals surface area contributed by atoms with Crippen LogP contribution in [0.2, 0.25) is 0 Å². The molecule has 0 saturated carbocycles. The van der Waals surface area contributed by atoms with Crippen LogP contribution in [0.25, 0.3) is 5.65 Å². The number of anilines is 2. The molecule has 8 nitrogen and oxygen atoms in total. The Kier molecular flexibility index (Phi) is 5.67. The van der Waals surface area contributed by atoms with Gasteiger partial charge in [-0.3, -0.25) is 9.69 Å². The van der Waals surface area contributed by atoms with Crippen molar-refractivity contribution < 1.29 is 4.79 Å². The molecule has 0 bridgehead atoms. The van der Waals surface area contributed by atoms with Gasteiger partial charge in [0.05, 0.1) is 6.54 Å². The number of rotatable bonds is 5. The molecule has 30 heavy (non-hydrogen) atoms. The van der Waals surface area contributed by atoms with Crippen molar-refractivity contribution in [2.75, 3.05) is 30.3 Å². The molecular weight excluding hydrogens is 378 g/mol. The van der Waals surface area contributed by atoms with Crippen LogP contribution in [-0.4, -0.2) is 56.3 Å². The van der Waals surface area contributed by atoms with Gasteiger partial charge in [-0.25, -0.2) is 0 Å². The van der Waals surface area contributed by atoms with E-state index in [1.165, 1.54) is 0 Å². The zero-order valence-corrected chi connectivity index (χ0v) is 17.8. The Labute approximate surface area is 176 Å². The topological polar surface area (TPSA) is 87.5 Å². The summed E-state index contributed by atoms with van der Waals surface area (Å²) in [5.41, 5.74) is 1.46. The van der Waals surface area contributed by atoms with Crippen molar-refractivity contribution >= 4 is 23.1 Å². The molecule has 158 valence electrons. The molecule has 8 heteroatoms. The minimum absolute atomic E-state index is 0.0297. The van der Waals surface area contributed by atoms with E-state index in [2.05, 4.69) is 46.5 Å². The Bertz CT molecular complexity index is 1000. The van der Waals surface area contributed by atoms with E-state index >= 15 is 0 Å². The second-order valence-corrected chi connectivity index (χ2v) is 8.87. The quantitative estimate of drug-likeness (QED) is 0.676. The maximum atomic E-state index is 12.3. The van der Waals surface area contributed by atoms with Crippen molar-refractivity contribution in [1.29, 1.82) is 0 Å². The molecule has 1 saturated heterocycles. The van der Waals surface area contributed by atoms with Crippen LogP contribution >= 0.6 is 0 Å². The van der Waals surface area contributed by atoms with Crippen molar-refractivity contribution in [3.05, 3.63) is 48.3 Å². The van der Waals surface area contributed by atoms with Crippen molar-refractivity contribution in [1.82, 2.24) is 24.7 Å². The third kappa shape index (κ3) is 4.76. The molecule has 0 radical (unpaired) electrons. The fourth-order valence-corrected chi connectivity index (χ4v) is 3.70. The SMILES string of the molecule is CC(C)(C)c1nnc2ccc(NC3CCN(CC(=O)Nc4ccccc4)CC3)nn12. The first-order chi connectivity index (χ1) is 14.4. The molecular formula is C22H29N7O. The summed E-state index contributed by atoms with van der Waals surface area (Å²) in [5.74, 6) is 1.70. The molecule has 2 aromatic heterocycles. The summed E-state index contributed by atoms with van der Waals surface area (Å²) in [5, 5.41) is 19.7. The van der Waals surface area contributed by atoms with Crippen LogP contribution < -0.4 is 10.6 Å². The average Bonchev–Trinajstić information content (AvgIpc) is 3.14. The number of hydrogen-bond acceptors (Lipinski definition) is 6. The van der Waals surface area contributed by atoms with Gasteiger partial charge < -0.3 is 10.6 Å². The number of nitrogens with one attached hydrogen (secondary N) is 2. The van der Waals surface area contributed by atoms with Gasteiger partial charge >= 0.3 is 0 Å². The van der Waals surface area contributed by atoms with Crippen molar-refractivity contribution in [2.24, 2.45) is 0 Å². The van der Waals surface area contributed by atoms with E-state index in [-0.39, 0.29) is 11.3 Å². The number of aromatic nitrogens is 4. The molecule has 1 aromatic carbocycles. The van der Waals surface area contributed by atoms with Gasteiger partial charge in [-0.05, 0) is 37.1 Å². The van der Waals surface area contributed by atoms with Crippen LogP contribution in [0.3, 0.4) is 0 Å². The van der Waals surface area contributed by atoms with E-state index in [9.17, 15) is 4.79 Å². The number of piperidine rings is 1. The highest BCUT2D eigenvalue weighted by atomic mass is 16.2. The summed E-state index contributed by atoms with van der Waals surface area (Å²) in [6.45, 7) is 8.49. The highest BCUT2D eigenvalue weighted by Crippen LogP contribution is 2.21. The summed E-state index contributed by atoms with van der Waals surface area (Å²) in [7, 11) is 0. The number of likely N-dealkylation sites (tertiary alicyclic amines) is 1. The minimum atomic E-state index is -0.128. The maximum Gasteiger partial charge on any atom is 0.238 e. The van der Waals surface area contributed by atoms with E-state index in [0.29, 0.717) is 12.6 Å². The number of hydrogen-bond donors (Lipinski definition) is 2. The molecule has 0 aliphatic carbocycles. The van der Waals surface area contributed by atoms with Gasteiger partial charge in [0.2, 0.25) is 5.91 Å². The lowest BCUT2D eigenvalue weighted by Crippen LogP contribution is -2.42. The maximum absolute atomic E-state index is 12.3.